The van der Waals surface area contributed by atoms with Crippen LogP contribution in [0.5, 0.6) is 5.75 Å². The molecule has 2 aromatic rings. The van der Waals surface area contributed by atoms with Gasteiger partial charge >= 0.3 is 0 Å². The topological polar surface area (TPSA) is 65.4 Å². The predicted molar refractivity (Wildman–Crippen MR) is 127 cm³/mol. The van der Waals surface area contributed by atoms with Gasteiger partial charge in [0.25, 0.3) is 0 Å². The third-order valence-electron chi connectivity index (χ3n) is 6.42. The lowest BCUT2D eigenvalue weighted by molar-refractivity contribution is -0.0742. The van der Waals surface area contributed by atoms with Gasteiger partial charge in [-0.15, -0.1) is 0 Å². The Hall–Kier alpha value is -1.90. The fourth-order valence-corrected chi connectivity index (χ4v) is 4.75. The minimum Gasteiger partial charge on any atom is -0.490 e. The maximum absolute atomic E-state index is 13.4. The fraction of sp³-hybridized carbons (Fsp3) is 0.520. The van der Waals surface area contributed by atoms with Gasteiger partial charge in [-0.05, 0) is 49.6 Å². The first kappa shape index (κ1) is 24.2. The van der Waals surface area contributed by atoms with Crippen molar-refractivity contribution < 1.29 is 24.1 Å². The van der Waals surface area contributed by atoms with Crippen LogP contribution in [0, 0.1) is 12.7 Å². The first-order valence-electron chi connectivity index (χ1n) is 11.4. The summed E-state index contributed by atoms with van der Waals surface area (Å²) < 4.78 is 24.7. The Bertz CT molecular complexity index is 954. The molecule has 0 saturated carbocycles. The van der Waals surface area contributed by atoms with E-state index in [2.05, 4.69) is 41.0 Å². The third kappa shape index (κ3) is 6.37. The van der Waals surface area contributed by atoms with Gasteiger partial charge in [0.2, 0.25) is 0 Å². The minimum atomic E-state index is -1.25. The zero-order chi connectivity index (χ0) is 23.5. The van der Waals surface area contributed by atoms with Crippen LogP contribution >= 0.6 is 11.6 Å². The molecule has 180 valence electrons. The molecule has 0 bridgehead atoms. The summed E-state index contributed by atoms with van der Waals surface area (Å²) >= 11 is 5.82. The second-order valence-electron chi connectivity index (χ2n) is 9.40. The van der Waals surface area contributed by atoms with Gasteiger partial charge in [-0.3, -0.25) is 4.90 Å². The number of hydrogen-bond donors (Lipinski definition) is 2. The Morgan fingerprint density at radius 1 is 1.09 bits per heavy atom. The van der Waals surface area contributed by atoms with Crippen molar-refractivity contribution in [2.45, 2.75) is 31.0 Å². The molecule has 33 heavy (non-hydrogen) atoms. The molecular weight excluding hydrogens is 447 g/mol. The van der Waals surface area contributed by atoms with Gasteiger partial charge in [0, 0.05) is 44.5 Å². The number of hydrogen-bond acceptors (Lipinski definition) is 6. The summed E-state index contributed by atoms with van der Waals surface area (Å²) in [5.41, 5.74) is 0.336. The van der Waals surface area contributed by atoms with Crippen LogP contribution in [0.15, 0.2) is 42.5 Å². The van der Waals surface area contributed by atoms with E-state index in [-0.39, 0.29) is 18.2 Å². The Kier molecular flexibility index (Phi) is 7.46. The van der Waals surface area contributed by atoms with E-state index in [9.17, 15) is 14.6 Å². The normalized spacial score (nSPS) is 23.8. The van der Waals surface area contributed by atoms with Gasteiger partial charge in [-0.25, -0.2) is 4.39 Å². The predicted octanol–water partition coefficient (Wildman–Crippen LogP) is 3.26. The van der Waals surface area contributed by atoms with E-state index < -0.39 is 17.0 Å². The monoisotopic (exact) mass is 478 g/mol. The van der Waals surface area contributed by atoms with Gasteiger partial charge in [0.1, 0.15) is 23.8 Å². The number of aliphatic hydroxyl groups is 2. The van der Waals surface area contributed by atoms with E-state index in [1.165, 1.54) is 29.4 Å². The van der Waals surface area contributed by atoms with Crippen molar-refractivity contribution in [3.8, 4) is 5.75 Å². The van der Waals surface area contributed by atoms with E-state index in [4.69, 9.17) is 21.1 Å². The van der Waals surface area contributed by atoms with E-state index in [0.29, 0.717) is 44.8 Å². The van der Waals surface area contributed by atoms with Crippen LogP contribution in [0.2, 0.25) is 5.02 Å². The average molecular weight is 479 g/mol. The van der Waals surface area contributed by atoms with Crippen molar-refractivity contribution in [3.05, 3.63) is 58.9 Å². The van der Waals surface area contributed by atoms with Gasteiger partial charge in [0.15, 0.2) is 0 Å². The molecule has 0 aromatic heterocycles. The van der Waals surface area contributed by atoms with Crippen LogP contribution < -0.4 is 9.64 Å². The van der Waals surface area contributed by atoms with Crippen molar-refractivity contribution in [2.75, 3.05) is 57.4 Å². The van der Waals surface area contributed by atoms with Crippen LogP contribution in [0.3, 0.4) is 0 Å². The first-order valence-corrected chi connectivity index (χ1v) is 11.8. The second-order valence-corrected chi connectivity index (χ2v) is 9.81. The standard InChI is InChI=1S/C25H32ClFN2O4/c1-19-3-2-4-20(13-19)29-9-7-24(30,8-10-29)15-28-11-12-32-17-25(31,16-28)18-33-21-5-6-23(27)22(26)14-21/h2-6,13-14,30-31H,7-12,15-18H2,1H3. The van der Waals surface area contributed by atoms with Crippen LogP contribution in [0.25, 0.3) is 0 Å². The lowest BCUT2D eigenvalue weighted by Crippen LogP contribution is -2.55. The highest BCUT2D eigenvalue weighted by Gasteiger charge is 2.39. The molecule has 8 heteroatoms. The molecule has 2 saturated heterocycles. The molecule has 6 nitrogen and oxygen atoms in total. The molecule has 0 radical (unpaired) electrons. The SMILES string of the molecule is Cc1cccc(N2CCC(O)(CN3CCOCC(O)(COc4ccc(F)c(Cl)c4)C3)CC2)c1. The molecule has 1 atom stereocenters. The van der Waals surface area contributed by atoms with Crippen molar-refractivity contribution in [3.63, 3.8) is 0 Å². The molecule has 0 amide bonds. The molecule has 0 spiro atoms. The molecule has 2 aliphatic rings. The van der Waals surface area contributed by atoms with Gasteiger partial charge in [-0.2, -0.15) is 0 Å². The maximum atomic E-state index is 13.4. The number of β-amino-alcohol motifs (C(OH)–C–C–N with tert-alkyl or cyclic N) is 2. The summed E-state index contributed by atoms with van der Waals surface area (Å²) in [5, 5.41) is 22.4. The lowest BCUT2D eigenvalue weighted by Gasteiger charge is -2.42. The molecule has 2 fully saturated rings. The van der Waals surface area contributed by atoms with Gasteiger partial charge in [-0.1, -0.05) is 23.7 Å². The zero-order valence-electron chi connectivity index (χ0n) is 19.0. The molecule has 4 rings (SSSR count). The molecule has 0 aliphatic carbocycles. The highest BCUT2D eigenvalue weighted by molar-refractivity contribution is 6.30. The number of aryl methyl sites for hydroxylation is 1. The quantitative estimate of drug-likeness (QED) is 0.664. The van der Waals surface area contributed by atoms with Crippen LogP contribution in [0.1, 0.15) is 18.4 Å². The molecule has 2 N–H and O–H groups in total. The van der Waals surface area contributed by atoms with Gasteiger partial charge < -0.3 is 24.6 Å². The highest BCUT2D eigenvalue weighted by Crippen LogP contribution is 2.29. The van der Waals surface area contributed by atoms with Crippen LogP contribution in [-0.2, 0) is 4.74 Å². The number of halogens is 2. The van der Waals surface area contributed by atoms with Crippen molar-refractivity contribution >= 4 is 17.3 Å². The molecule has 1 unspecified atom stereocenters. The van der Waals surface area contributed by atoms with E-state index >= 15 is 0 Å². The van der Waals surface area contributed by atoms with Crippen molar-refractivity contribution in [1.29, 1.82) is 0 Å². The maximum Gasteiger partial charge on any atom is 0.142 e. The Labute approximate surface area is 199 Å². The molecule has 2 aliphatic heterocycles. The van der Waals surface area contributed by atoms with E-state index in [1.54, 1.807) is 0 Å². The number of ether oxygens (including phenoxy) is 2. The van der Waals surface area contributed by atoms with E-state index in [0.717, 1.165) is 13.1 Å². The molecule has 2 heterocycles. The Balaban J connectivity index is 1.34. The highest BCUT2D eigenvalue weighted by atomic mass is 35.5. The molecular formula is C25H32ClFN2O4. The number of anilines is 1. The summed E-state index contributed by atoms with van der Waals surface area (Å²) in [5.74, 6) is -0.138. The summed E-state index contributed by atoms with van der Waals surface area (Å²) in [6.45, 7) is 5.61. The summed E-state index contributed by atoms with van der Waals surface area (Å²) in [7, 11) is 0. The fourth-order valence-electron chi connectivity index (χ4n) is 4.58. The van der Waals surface area contributed by atoms with Gasteiger partial charge in [0.05, 0.1) is 23.8 Å². The lowest BCUT2D eigenvalue weighted by atomic mass is 9.90. The third-order valence-corrected chi connectivity index (χ3v) is 6.71. The number of benzene rings is 2. The summed E-state index contributed by atoms with van der Waals surface area (Å²) in [6, 6.07) is 12.5. The second kappa shape index (κ2) is 10.2. The summed E-state index contributed by atoms with van der Waals surface area (Å²) in [6.07, 6.45) is 1.31. The van der Waals surface area contributed by atoms with Crippen molar-refractivity contribution in [2.24, 2.45) is 0 Å². The molecule has 2 aromatic carbocycles. The Morgan fingerprint density at radius 2 is 1.88 bits per heavy atom. The van der Waals surface area contributed by atoms with Crippen molar-refractivity contribution in [1.82, 2.24) is 4.90 Å². The number of piperidine rings is 1. The number of nitrogens with zero attached hydrogens (tertiary/aromatic N) is 2. The summed E-state index contributed by atoms with van der Waals surface area (Å²) in [4.78, 5) is 4.36. The van der Waals surface area contributed by atoms with Crippen LogP contribution in [0.4, 0.5) is 10.1 Å². The first-order chi connectivity index (χ1) is 15.7. The Morgan fingerprint density at radius 3 is 2.61 bits per heavy atom. The number of rotatable bonds is 6. The van der Waals surface area contributed by atoms with E-state index in [1.807, 2.05) is 0 Å². The average Bonchev–Trinajstić information content (AvgIpc) is 2.96. The zero-order valence-corrected chi connectivity index (χ0v) is 19.7. The van der Waals surface area contributed by atoms with Crippen LogP contribution in [-0.4, -0.2) is 78.9 Å². The smallest absolute Gasteiger partial charge is 0.142 e. The largest absolute Gasteiger partial charge is 0.490 e. The minimum absolute atomic E-state index is 0.0228.